The summed E-state index contributed by atoms with van der Waals surface area (Å²) in [5.41, 5.74) is 2.36. The van der Waals surface area contributed by atoms with E-state index in [9.17, 15) is 9.59 Å². The summed E-state index contributed by atoms with van der Waals surface area (Å²) in [4.78, 5) is 30.1. The number of carbonyl (C=O) groups excluding carboxylic acids is 2. The molecule has 1 fully saturated rings. The highest BCUT2D eigenvalue weighted by atomic mass is 35.5. The molecule has 33 heavy (non-hydrogen) atoms. The standard InChI is InChI=1S/C25H31Cl2N3O3/c1-16(12-22(31)33-25(2,3)4)24(32)29-18-8-10-30(11-9-18)19-13-17(14-28-15-19)20-6-5-7-21(26)23(20)27/h5-7,13-16,18H,8-12H2,1-4H3,(H,29,32)/p+1/t16-/m0/s1. The lowest BCUT2D eigenvalue weighted by molar-refractivity contribution is -0.376. The Bertz CT molecular complexity index is 999. The van der Waals surface area contributed by atoms with Crippen molar-refractivity contribution < 1.29 is 19.3 Å². The summed E-state index contributed by atoms with van der Waals surface area (Å²) in [6, 6.07) is 7.78. The quantitative estimate of drug-likeness (QED) is 0.580. The first kappa shape index (κ1) is 25.3. The maximum atomic E-state index is 12.6. The van der Waals surface area contributed by atoms with E-state index in [1.54, 1.807) is 13.0 Å². The first-order valence-corrected chi connectivity index (χ1v) is 12.0. The van der Waals surface area contributed by atoms with E-state index in [0.717, 1.165) is 42.7 Å². The summed E-state index contributed by atoms with van der Waals surface area (Å²) < 4.78 is 5.32. The van der Waals surface area contributed by atoms with E-state index in [1.165, 1.54) is 0 Å². The number of ether oxygens (including phenoxy) is 1. The van der Waals surface area contributed by atoms with Gasteiger partial charge in [0.25, 0.3) is 0 Å². The molecule has 0 unspecified atom stereocenters. The van der Waals surface area contributed by atoms with Crippen LogP contribution in [0.4, 0.5) is 5.69 Å². The molecule has 1 amide bonds. The van der Waals surface area contributed by atoms with Gasteiger partial charge in [0.15, 0.2) is 12.4 Å². The Morgan fingerprint density at radius 1 is 1.21 bits per heavy atom. The number of carbonyl (C=O) groups is 2. The Morgan fingerprint density at radius 3 is 2.58 bits per heavy atom. The van der Waals surface area contributed by atoms with Gasteiger partial charge in [0.2, 0.25) is 5.91 Å². The lowest BCUT2D eigenvalue weighted by Gasteiger charge is -2.33. The Hall–Kier alpha value is -2.31. The van der Waals surface area contributed by atoms with Crippen molar-refractivity contribution >= 4 is 40.8 Å². The molecule has 8 heteroatoms. The molecular formula is C25H32Cl2N3O3+. The van der Waals surface area contributed by atoms with E-state index in [0.29, 0.717) is 10.0 Å². The fraction of sp³-hybridized carbons (Fsp3) is 0.480. The van der Waals surface area contributed by atoms with E-state index >= 15 is 0 Å². The van der Waals surface area contributed by atoms with Crippen LogP contribution in [-0.2, 0) is 14.3 Å². The number of pyridine rings is 1. The minimum absolute atomic E-state index is 0.0800. The zero-order valence-electron chi connectivity index (χ0n) is 19.6. The van der Waals surface area contributed by atoms with Crippen LogP contribution in [0.3, 0.4) is 0 Å². The summed E-state index contributed by atoms with van der Waals surface area (Å²) in [5.74, 6) is -0.882. The van der Waals surface area contributed by atoms with Gasteiger partial charge in [-0.2, -0.15) is 0 Å². The number of nitrogens with one attached hydrogen (secondary N) is 2. The summed E-state index contributed by atoms with van der Waals surface area (Å²) >= 11 is 12.6. The lowest BCUT2D eigenvalue weighted by atomic mass is 10.0. The molecule has 1 aromatic heterocycles. The number of H-pyrrole nitrogens is 1. The van der Waals surface area contributed by atoms with E-state index in [1.807, 2.05) is 45.3 Å². The second-order valence-electron chi connectivity index (χ2n) is 9.54. The number of benzene rings is 1. The van der Waals surface area contributed by atoms with Crippen LogP contribution in [0.2, 0.25) is 10.0 Å². The summed E-state index contributed by atoms with van der Waals surface area (Å²) in [6.45, 7) is 8.84. The minimum atomic E-state index is -0.549. The van der Waals surface area contributed by atoms with Gasteiger partial charge >= 0.3 is 5.97 Å². The van der Waals surface area contributed by atoms with Crippen molar-refractivity contribution in [2.75, 3.05) is 18.0 Å². The fourth-order valence-corrected chi connectivity index (χ4v) is 4.29. The predicted molar refractivity (Wildman–Crippen MR) is 131 cm³/mol. The Balaban J connectivity index is 1.54. The minimum Gasteiger partial charge on any atom is -0.460 e. The maximum Gasteiger partial charge on any atom is 0.307 e. The molecule has 0 spiro atoms. The average Bonchev–Trinajstić information content (AvgIpc) is 2.75. The van der Waals surface area contributed by atoms with Gasteiger partial charge in [-0.3, -0.25) is 9.59 Å². The molecule has 178 valence electrons. The maximum absolute atomic E-state index is 12.6. The molecule has 0 aliphatic carbocycles. The van der Waals surface area contributed by atoms with Crippen molar-refractivity contribution in [3.05, 3.63) is 46.7 Å². The third-order valence-electron chi connectivity index (χ3n) is 5.58. The van der Waals surface area contributed by atoms with Crippen molar-refractivity contribution in [2.45, 2.75) is 58.6 Å². The Kier molecular flexibility index (Phi) is 8.24. The van der Waals surface area contributed by atoms with Crippen LogP contribution in [0.15, 0.2) is 36.7 Å². The largest absolute Gasteiger partial charge is 0.460 e. The SMILES string of the molecule is C[C@@H](CC(=O)OC(C)(C)C)C(=O)NC1CCN(c2c[nH+]cc(-c3cccc(Cl)c3Cl)c2)CC1. The van der Waals surface area contributed by atoms with Crippen molar-refractivity contribution in [1.82, 2.24) is 5.32 Å². The monoisotopic (exact) mass is 492 g/mol. The number of amides is 1. The number of anilines is 1. The number of hydrogen-bond acceptors (Lipinski definition) is 4. The number of esters is 1. The second-order valence-corrected chi connectivity index (χ2v) is 10.3. The number of hydrogen-bond donors (Lipinski definition) is 1. The van der Waals surface area contributed by atoms with Crippen molar-refractivity contribution in [2.24, 2.45) is 5.92 Å². The van der Waals surface area contributed by atoms with E-state index in [2.05, 4.69) is 21.3 Å². The summed E-state index contributed by atoms with van der Waals surface area (Å²) in [5, 5.41) is 4.16. The van der Waals surface area contributed by atoms with Crippen LogP contribution in [0.5, 0.6) is 0 Å². The van der Waals surface area contributed by atoms with Gasteiger partial charge in [-0.05, 0) is 45.7 Å². The molecule has 0 radical (unpaired) electrons. The molecule has 1 aliphatic rings. The van der Waals surface area contributed by atoms with Crippen LogP contribution in [0.1, 0.15) is 47.0 Å². The van der Waals surface area contributed by atoms with Gasteiger partial charge < -0.3 is 15.0 Å². The number of halogens is 2. The summed E-state index contributed by atoms with van der Waals surface area (Å²) in [6.07, 6.45) is 5.60. The number of piperidine rings is 1. The van der Waals surface area contributed by atoms with Crippen LogP contribution in [0, 0.1) is 5.92 Å². The zero-order valence-corrected chi connectivity index (χ0v) is 21.1. The van der Waals surface area contributed by atoms with E-state index in [4.69, 9.17) is 27.9 Å². The number of aromatic amines is 1. The van der Waals surface area contributed by atoms with E-state index in [-0.39, 0.29) is 24.3 Å². The smallest absolute Gasteiger partial charge is 0.307 e. The molecule has 1 saturated heterocycles. The number of rotatable bonds is 6. The van der Waals surface area contributed by atoms with Gasteiger partial charge in [0, 0.05) is 36.2 Å². The molecule has 3 rings (SSSR count). The molecule has 2 heterocycles. The molecule has 1 aliphatic heterocycles. The van der Waals surface area contributed by atoms with Gasteiger partial charge in [-0.1, -0.05) is 42.3 Å². The predicted octanol–water partition coefficient (Wildman–Crippen LogP) is 4.93. The van der Waals surface area contributed by atoms with Gasteiger partial charge in [0.1, 0.15) is 11.3 Å². The van der Waals surface area contributed by atoms with Crippen molar-refractivity contribution in [3.8, 4) is 11.1 Å². The highest BCUT2D eigenvalue weighted by molar-refractivity contribution is 6.43. The van der Waals surface area contributed by atoms with Gasteiger partial charge in [-0.15, -0.1) is 0 Å². The normalized spacial score (nSPS) is 15.8. The van der Waals surface area contributed by atoms with Crippen LogP contribution in [0.25, 0.3) is 11.1 Å². The van der Waals surface area contributed by atoms with Crippen molar-refractivity contribution in [1.29, 1.82) is 0 Å². The molecule has 2 N–H and O–H groups in total. The summed E-state index contributed by atoms with van der Waals surface area (Å²) in [7, 11) is 0. The van der Waals surface area contributed by atoms with Gasteiger partial charge in [-0.25, -0.2) is 4.98 Å². The molecule has 0 saturated carbocycles. The molecular weight excluding hydrogens is 461 g/mol. The molecule has 0 bridgehead atoms. The second kappa shape index (κ2) is 10.7. The molecule has 6 nitrogen and oxygen atoms in total. The fourth-order valence-electron chi connectivity index (χ4n) is 3.88. The topological polar surface area (TPSA) is 72.8 Å². The molecule has 2 aromatic rings. The van der Waals surface area contributed by atoms with Crippen LogP contribution in [-0.4, -0.2) is 36.6 Å². The van der Waals surface area contributed by atoms with Crippen LogP contribution < -0.4 is 15.2 Å². The van der Waals surface area contributed by atoms with Crippen molar-refractivity contribution in [3.63, 3.8) is 0 Å². The third kappa shape index (κ3) is 7.08. The average molecular weight is 493 g/mol. The van der Waals surface area contributed by atoms with Crippen LogP contribution >= 0.6 is 23.2 Å². The Morgan fingerprint density at radius 2 is 1.91 bits per heavy atom. The number of nitrogens with zero attached hydrogens (tertiary/aromatic N) is 1. The molecule has 1 atom stereocenters. The zero-order chi connectivity index (χ0) is 24.2. The first-order chi connectivity index (χ1) is 15.5. The third-order valence-corrected chi connectivity index (χ3v) is 6.40. The van der Waals surface area contributed by atoms with Gasteiger partial charge in [0.05, 0.1) is 16.5 Å². The first-order valence-electron chi connectivity index (χ1n) is 11.3. The lowest BCUT2D eigenvalue weighted by Crippen LogP contribution is -2.46. The highest BCUT2D eigenvalue weighted by Gasteiger charge is 2.26. The van der Waals surface area contributed by atoms with E-state index < -0.39 is 11.5 Å². The Labute approximate surface area is 205 Å². The highest BCUT2D eigenvalue weighted by Crippen LogP contribution is 2.34. The molecule has 1 aromatic carbocycles. The number of aromatic nitrogens is 1.